The molecule has 3 aromatic rings. The molecule has 0 saturated carbocycles. The number of benzene rings is 1. The minimum Gasteiger partial charge on any atom is -0.454 e. The highest BCUT2D eigenvalue weighted by molar-refractivity contribution is 5.92. The Kier molecular flexibility index (Phi) is 3.65. The molecule has 0 bridgehead atoms. The van der Waals surface area contributed by atoms with Gasteiger partial charge in [-0.25, -0.2) is 19.6 Å². The molecule has 1 aromatic carbocycles. The van der Waals surface area contributed by atoms with Crippen molar-refractivity contribution in [3.05, 3.63) is 70.5 Å². The van der Waals surface area contributed by atoms with Crippen LogP contribution < -0.4 is 5.63 Å². The van der Waals surface area contributed by atoms with Crippen LogP contribution in [-0.4, -0.2) is 15.9 Å². The lowest BCUT2D eigenvalue weighted by Crippen LogP contribution is -2.18. The quantitative estimate of drug-likeness (QED) is 0.691. The molecule has 0 N–H and O–H groups in total. The van der Waals surface area contributed by atoms with Crippen LogP contribution in [0.25, 0.3) is 11.1 Å². The van der Waals surface area contributed by atoms with Crippen molar-refractivity contribution in [3.63, 3.8) is 0 Å². The van der Waals surface area contributed by atoms with Crippen LogP contribution in [0.15, 0.2) is 58.1 Å². The number of carbonyl (C=O) groups is 1. The first-order valence-electron chi connectivity index (χ1n) is 6.65. The van der Waals surface area contributed by atoms with Crippen molar-refractivity contribution < 1.29 is 13.9 Å². The normalized spacial score (nSPS) is 12.0. The minimum atomic E-state index is -0.781. The Morgan fingerprint density at radius 3 is 2.82 bits per heavy atom. The third-order valence-electron chi connectivity index (χ3n) is 3.18. The fourth-order valence-corrected chi connectivity index (χ4v) is 2.03. The third kappa shape index (κ3) is 2.71. The highest BCUT2D eigenvalue weighted by Crippen LogP contribution is 2.18. The number of rotatable bonds is 3. The van der Waals surface area contributed by atoms with E-state index < -0.39 is 17.7 Å². The van der Waals surface area contributed by atoms with E-state index in [1.54, 1.807) is 6.92 Å². The zero-order valence-corrected chi connectivity index (χ0v) is 11.7. The predicted molar refractivity (Wildman–Crippen MR) is 78.3 cm³/mol. The molecule has 0 aliphatic rings. The first-order chi connectivity index (χ1) is 10.6. The molecule has 3 rings (SSSR count). The lowest BCUT2D eigenvalue weighted by molar-refractivity contribution is 0.0333. The molecular formula is C16H12N2O4. The lowest BCUT2D eigenvalue weighted by Gasteiger charge is -2.13. The molecule has 6 heteroatoms. The van der Waals surface area contributed by atoms with Gasteiger partial charge in [-0.1, -0.05) is 30.3 Å². The summed E-state index contributed by atoms with van der Waals surface area (Å²) in [6.45, 7) is 1.74. The second-order valence-corrected chi connectivity index (χ2v) is 4.69. The zero-order valence-electron chi connectivity index (χ0n) is 11.7. The van der Waals surface area contributed by atoms with Crippen molar-refractivity contribution in [2.45, 2.75) is 13.0 Å². The van der Waals surface area contributed by atoms with E-state index >= 15 is 0 Å². The molecule has 2 aromatic heterocycles. The van der Waals surface area contributed by atoms with Gasteiger partial charge < -0.3 is 9.15 Å². The van der Waals surface area contributed by atoms with E-state index in [-0.39, 0.29) is 11.3 Å². The number of aromatic nitrogens is 2. The second kappa shape index (κ2) is 5.77. The smallest absolute Gasteiger partial charge is 0.352 e. The summed E-state index contributed by atoms with van der Waals surface area (Å²) in [6, 6.07) is 10.6. The maximum absolute atomic E-state index is 12.2. The van der Waals surface area contributed by atoms with Crippen LogP contribution in [0.1, 0.15) is 28.9 Å². The Morgan fingerprint density at radius 2 is 2.05 bits per heavy atom. The summed E-state index contributed by atoms with van der Waals surface area (Å²) < 4.78 is 10.3. The van der Waals surface area contributed by atoms with Gasteiger partial charge in [-0.3, -0.25) is 0 Å². The Labute approximate surface area is 125 Å². The van der Waals surface area contributed by atoms with Gasteiger partial charge in [0.1, 0.15) is 18.0 Å². The summed E-state index contributed by atoms with van der Waals surface area (Å²) in [4.78, 5) is 31.7. The Hall–Kier alpha value is -3.02. The summed E-state index contributed by atoms with van der Waals surface area (Å²) in [5.74, 6) is -0.740. The van der Waals surface area contributed by atoms with Crippen molar-refractivity contribution in [1.29, 1.82) is 0 Å². The van der Waals surface area contributed by atoms with Gasteiger partial charge in [-0.15, -0.1) is 0 Å². The van der Waals surface area contributed by atoms with Gasteiger partial charge in [0.2, 0.25) is 5.71 Å². The fourth-order valence-electron chi connectivity index (χ4n) is 2.03. The van der Waals surface area contributed by atoms with Crippen LogP contribution >= 0.6 is 0 Å². The first-order valence-corrected chi connectivity index (χ1v) is 6.65. The van der Waals surface area contributed by atoms with Crippen LogP contribution in [0.2, 0.25) is 0 Å². The average Bonchev–Trinajstić information content (AvgIpc) is 2.54. The van der Waals surface area contributed by atoms with E-state index in [1.165, 1.54) is 18.6 Å². The molecule has 0 fully saturated rings. The summed E-state index contributed by atoms with van der Waals surface area (Å²) in [5.41, 5.74) is 0.0126. The Morgan fingerprint density at radius 1 is 1.27 bits per heavy atom. The molecule has 0 spiro atoms. The molecule has 6 nitrogen and oxygen atoms in total. The first kappa shape index (κ1) is 13.9. The van der Waals surface area contributed by atoms with E-state index in [1.807, 2.05) is 30.3 Å². The standard InChI is InChI=1S/C16H12N2O4/c1-10(11-5-3-2-4-6-11)21-15(19)13-7-12-8-17-9-18-14(12)22-16(13)20/h2-10H,1H3/t10-/m1/s1. The molecule has 0 radical (unpaired) electrons. The number of esters is 1. The average molecular weight is 296 g/mol. The summed E-state index contributed by atoms with van der Waals surface area (Å²) in [7, 11) is 0. The van der Waals surface area contributed by atoms with Gasteiger partial charge in [0.15, 0.2) is 0 Å². The number of hydrogen-bond donors (Lipinski definition) is 0. The van der Waals surface area contributed by atoms with Crippen molar-refractivity contribution in [1.82, 2.24) is 9.97 Å². The van der Waals surface area contributed by atoms with Crippen LogP contribution in [0.4, 0.5) is 0 Å². The molecular weight excluding hydrogens is 284 g/mol. The molecule has 1 atom stereocenters. The molecule has 0 amide bonds. The van der Waals surface area contributed by atoms with Crippen LogP contribution in [-0.2, 0) is 4.74 Å². The number of fused-ring (bicyclic) bond motifs is 1. The molecule has 0 aliphatic heterocycles. The SMILES string of the molecule is C[C@@H](OC(=O)c1cc2cncnc2oc1=O)c1ccccc1. The Bertz CT molecular complexity index is 874. The predicted octanol–water partition coefficient (Wildman–Crippen LogP) is 2.50. The van der Waals surface area contributed by atoms with Gasteiger partial charge in [0, 0.05) is 6.20 Å². The summed E-state index contributed by atoms with van der Waals surface area (Å²) >= 11 is 0. The second-order valence-electron chi connectivity index (χ2n) is 4.69. The van der Waals surface area contributed by atoms with Crippen LogP contribution in [0.3, 0.4) is 0 Å². The molecule has 22 heavy (non-hydrogen) atoms. The van der Waals surface area contributed by atoms with E-state index in [4.69, 9.17) is 9.15 Å². The Balaban J connectivity index is 1.89. The van der Waals surface area contributed by atoms with E-state index in [0.29, 0.717) is 5.39 Å². The monoisotopic (exact) mass is 296 g/mol. The molecule has 0 saturated heterocycles. The van der Waals surface area contributed by atoms with Gasteiger partial charge in [0.25, 0.3) is 0 Å². The van der Waals surface area contributed by atoms with Crippen molar-refractivity contribution in [2.75, 3.05) is 0 Å². The molecule has 0 unspecified atom stereocenters. The van der Waals surface area contributed by atoms with Gasteiger partial charge in [-0.2, -0.15) is 0 Å². The molecule has 2 heterocycles. The van der Waals surface area contributed by atoms with E-state index in [0.717, 1.165) is 5.56 Å². The largest absolute Gasteiger partial charge is 0.454 e. The highest BCUT2D eigenvalue weighted by Gasteiger charge is 2.19. The van der Waals surface area contributed by atoms with E-state index in [2.05, 4.69) is 9.97 Å². The maximum Gasteiger partial charge on any atom is 0.352 e. The van der Waals surface area contributed by atoms with Crippen LogP contribution in [0.5, 0.6) is 0 Å². The van der Waals surface area contributed by atoms with Crippen molar-refractivity contribution >= 4 is 17.1 Å². The van der Waals surface area contributed by atoms with Crippen molar-refractivity contribution in [3.8, 4) is 0 Å². The lowest BCUT2D eigenvalue weighted by atomic mass is 10.1. The van der Waals surface area contributed by atoms with Gasteiger partial charge >= 0.3 is 11.6 Å². The maximum atomic E-state index is 12.2. The molecule has 110 valence electrons. The van der Waals surface area contributed by atoms with Gasteiger partial charge in [-0.05, 0) is 18.6 Å². The highest BCUT2D eigenvalue weighted by atomic mass is 16.5. The zero-order chi connectivity index (χ0) is 15.5. The number of nitrogens with zero attached hydrogens (tertiary/aromatic N) is 2. The summed E-state index contributed by atoms with van der Waals surface area (Å²) in [5, 5.41) is 0.460. The number of carbonyl (C=O) groups excluding carboxylic acids is 1. The minimum absolute atomic E-state index is 0.132. The number of hydrogen-bond acceptors (Lipinski definition) is 6. The summed E-state index contributed by atoms with van der Waals surface area (Å²) in [6.07, 6.45) is 2.25. The van der Waals surface area contributed by atoms with E-state index in [9.17, 15) is 9.59 Å². The fraction of sp³-hybridized carbons (Fsp3) is 0.125. The topological polar surface area (TPSA) is 82.3 Å². The van der Waals surface area contributed by atoms with Gasteiger partial charge in [0.05, 0.1) is 5.39 Å². The molecule has 0 aliphatic carbocycles. The number of ether oxygens (including phenoxy) is 1. The van der Waals surface area contributed by atoms with Crippen LogP contribution in [0, 0.1) is 0 Å². The third-order valence-corrected chi connectivity index (χ3v) is 3.18. The van der Waals surface area contributed by atoms with Crippen molar-refractivity contribution in [2.24, 2.45) is 0 Å².